The van der Waals surface area contributed by atoms with Gasteiger partial charge in [-0.3, -0.25) is 10.1 Å². The van der Waals surface area contributed by atoms with Crippen LogP contribution in [0.3, 0.4) is 0 Å². The van der Waals surface area contributed by atoms with E-state index in [2.05, 4.69) is 5.32 Å². The Bertz CT molecular complexity index is 886. The Balaban J connectivity index is 2.03. The van der Waals surface area contributed by atoms with Crippen LogP contribution in [0, 0.1) is 5.92 Å². The van der Waals surface area contributed by atoms with Gasteiger partial charge in [-0.15, -0.1) is 0 Å². The molecule has 1 aromatic heterocycles. The summed E-state index contributed by atoms with van der Waals surface area (Å²) in [6.07, 6.45) is 4.25. The Morgan fingerprint density at radius 3 is 2.62 bits per heavy atom. The maximum Gasteiger partial charge on any atom is 0.339 e. The molecular formula is C20H25NO5. The highest BCUT2D eigenvalue weighted by molar-refractivity contribution is 5.86. The number of benzene rings is 1. The van der Waals surface area contributed by atoms with Gasteiger partial charge >= 0.3 is 11.6 Å². The smallest absolute Gasteiger partial charge is 0.339 e. The average molecular weight is 359 g/mol. The third kappa shape index (κ3) is 3.33. The summed E-state index contributed by atoms with van der Waals surface area (Å²) in [5.74, 6) is -1.00. The third-order valence-corrected chi connectivity index (χ3v) is 5.45. The SMILES string of the molecule is CC[C@@H](C)[C@H](NCc1c(O)ccc2c3c(c(=O)oc12)CCCC3)C(=O)O. The first-order valence-corrected chi connectivity index (χ1v) is 9.19. The number of hydrogen-bond donors (Lipinski definition) is 3. The van der Waals surface area contributed by atoms with Crippen LogP contribution in [-0.4, -0.2) is 22.2 Å². The van der Waals surface area contributed by atoms with Gasteiger partial charge in [-0.25, -0.2) is 4.79 Å². The Morgan fingerprint density at radius 1 is 1.27 bits per heavy atom. The van der Waals surface area contributed by atoms with Gasteiger partial charge in [0, 0.05) is 17.5 Å². The fraction of sp³-hybridized carbons (Fsp3) is 0.500. The first kappa shape index (κ1) is 18.5. The van der Waals surface area contributed by atoms with E-state index in [-0.39, 0.29) is 23.8 Å². The van der Waals surface area contributed by atoms with Crippen LogP contribution in [0.1, 0.15) is 49.8 Å². The topological polar surface area (TPSA) is 99.8 Å². The van der Waals surface area contributed by atoms with Crippen molar-refractivity contribution in [3.63, 3.8) is 0 Å². The molecule has 0 saturated carbocycles. The van der Waals surface area contributed by atoms with Crippen LogP contribution in [0.15, 0.2) is 21.3 Å². The van der Waals surface area contributed by atoms with E-state index in [0.717, 1.165) is 42.2 Å². The molecule has 0 fully saturated rings. The summed E-state index contributed by atoms with van der Waals surface area (Å²) in [4.78, 5) is 23.9. The van der Waals surface area contributed by atoms with Crippen LogP contribution in [0.4, 0.5) is 0 Å². The molecule has 0 bridgehead atoms. The summed E-state index contributed by atoms with van der Waals surface area (Å²) in [6.45, 7) is 3.92. The van der Waals surface area contributed by atoms with Gasteiger partial charge in [0.25, 0.3) is 0 Å². The van der Waals surface area contributed by atoms with Gasteiger partial charge < -0.3 is 14.6 Å². The number of aromatic hydroxyl groups is 1. The fourth-order valence-electron chi connectivity index (χ4n) is 3.70. The van der Waals surface area contributed by atoms with E-state index in [1.54, 1.807) is 12.1 Å². The normalized spacial score (nSPS) is 16.2. The van der Waals surface area contributed by atoms with E-state index >= 15 is 0 Å². The molecule has 140 valence electrons. The van der Waals surface area contributed by atoms with E-state index < -0.39 is 12.0 Å². The Labute approximate surface area is 151 Å². The summed E-state index contributed by atoms with van der Waals surface area (Å²) < 4.78 is 5.55. The maximum atomic E-state index is 12.4. The highest BCUT2D eigenvalue weighted by Crippen LogP contribution is 2.32. The number of carboxylic acid groups (broad SMARTS) is 1. The van der Waals surface area contributed by atoms with E-state index in [1.165, 1.54) is 0 Å². The molecule has 26 heavy (non-hydrogen) atoms. The number of carboxylic acids is 1. The minimum atomic E-state index is -0.932. The molecule has 2 aromatic rings. The lowest BCUT2D eigenvalue weighted by Crippen LogP contribution is -2.41. The predicted octanol–water partition coefficient (Wildman–Crippen LogP) is 2.97. The second kappa shape index (κ2) is 7.50. The summed E-state index contributed by atoms with van der Waals surface area (Å²) in [6, 6.07) is 2.64. The number of nitrogens with one attached hydrogen (secondary N) is 1. The van der Waals surface area contributed by atoms with Crippen molar-refractivity contribution in [3.05, 3.63) is 39.2 Å². The molecule has 0 spiro atoms. The number of carbonyl (C=O) groups is 1. The van der Waals surface area contributed by atoms with Crippen LogP contribution < -0.4 is 10.9 Å². The van der Waals surface area contributed by atoms with Gasteiger partial charge in [-0.05, 0) is 49.3 Å². The second-order valence-corrected chi connectivity index (χ2v) is 7.08. The first-order chi connectivity index (χ1) is 12.4. The summed E-state index contributed by atoms with van der Waals surface area (Å²) in [7, 11) is 0. The Kier molecular flexibility index (Phi) is 5.32. The van der Waals surface area contributed by atoms with E-state index in [9.17, 15) is 19.8 Å². The highest BCUT2D eigenvalue weighted by Gasteiger charge is 2.25. The first-order valence-electron chi connectivity index (χ1n) is 9.19. The predicted molar refractivity (Wildman–Crippen MR) is 98.5 cm³/mol. The molecule has 0 unspecified atom stereocenters. The molecular weight excluding hydrogens is 334 g/mol. The van der Waals surface area contributed by atoms with Crippen LogP contribution in [0.25, 0.3) is 11.0 Å². The molecule has 3 rings (SSSR count). The number of rotatable bonds is 6. The summed E-state index contributed by atoms with van der Waals surface area (Å²) in [5, 5.41) is 23.6. The number of aliphatic carboxylic acids is 1. The quantitative estimate of drug-likeness (QED) is 0.686. The Hall–Kier alpha value is -2.34. The van der Waals surface area contributed by atoms with Crippen molar-refractivity contribution < 1.29 is 19.4 Å². The van der Waals surface area contributed by atoms with E-state index in [0.29, 0.717) is 17.6 Å². The lowest BCUT2D eigenvalue weighted by Gasteiger charge is -2.21. The largest absolute Gasteiger partial charge is 0.507 e. The lowest BCUT2D eigenvalue weighted by molar-refractivity contribution is -0.140. The molecule has 3 N–H and O–H groups in total. The fourth-order valence-corrected chi connectivity index (χ4v) is 3.70. The second-order valence-electron chi connectivity index (χ2n) is 7.08. The molecule has 0 saturated heterocycles. The zero-order valence-corrected chi connectivity index (χ0v) is 15.2. The van der Waals surface area contributed by atoms with Gasteiger partial charge in [-0.1, -0.05) is 20.3 Å². The van der Waals surface area contributed by atoms with Crippen molar-refractivity contribution in [2.24, 2.45) is 5.92 Å². The van der Waals surface area contributed by atoms with Crippen molar-refractivity contribution in [2.75, 3.05) is 0 Å². The lowest BCUT2D eigenvalue weighted by atomic mass is 9.90. The minimum Gasteiger partial charge on any atom is -0.507 e. The average Bonchev–Trinajstić information content (AvgIpc) is 2.63. The molecule has 1 aromatic carbocycles. The van der Waals surface area contributed by atoms with Gasteiger partial charge in [0.1, 0.15) is 17.4 Å². The van der Waals surface area contributed by atoms with Gasteiger partial charge in [-0.2, -0.15) is 0 Å². The summed E-state index contributed by atoms with van der Waals surface area (Å²) in [5.41, 5.74) is 2.17. The minimum absolute atomic E-state index is 0.00259. The zero-order valence-electron chi connectivity index (χ0n) is 15.2. The van der Waals surface area contributed by atoms with Gasteiger partial charge in [0.05, 0.1) is 5.56 Å². The molecule has 1 heterocycles. The molecule has 6 nitrogen and oxygen atoms in total. The van der Waals surface area contributed by atoms with Crippen LogP contribution in [-0.2, 0) is 24.2 Å². The zero-order chi connectivity index (χ0) is 18.8. The van der Waals surface area contributed by atoms with E-state index in [4.69, 9.17) is 4.42 Å². The molecule has 1 aliphatic rings. The van der Waals surface area contributed by atoms with Crippen molar-refractivity contribution in [1.82, 2.24) is 5.32 Å². The van der Waals surface area contributed by atoms with Gasteiger partial charge in [0.15, 0.2) is 0 Å². The number of phenols is 1. The molecule has 6 heteroatoms. The standard InChI is InChI=1S/C20H25NO5/c1-3-11(2)17(19(23)24)21-10-15-16(22)9-8-13-12-6-4-5-7-14(12)20(25)26-18(13)15/h8-9,11,17,21-22H,3-7,10H2,1-2H3,(H,23,24)/t11-,17+/m1/s1. The number of aryl methyl sites for hydroxylation is 1. The third-order valence-electron chi connectivity index (χ3n) is 5.45. The number of fused-ring (bicyclic) bond motifs is 3. The molecule has 1 aliphatic carbocycles. The van der Waals surface area contributed by atoms with Crippen LogP contribution in [0.5, 0.6) is 5.75 Å². The van der Waals surface area contributed by atoms with Crippen molar-refractivity contribution in [3.8, 4) is 5.75 Å². The molecule has 0 radical (unpaired) electrons. The molecule has 0 amide bonds. The Morgan fingerprint density at radius 2 is 1.96 bits per heavy atom. The van der Waals surface area contributed by atoms with Crippen LogP contribution >= 0.6 is 0 Å². The number of hydrogen-bond acceptors (Lipinski definition) is 5. The monoisotopic (exact) mass is 359 g/mol. The van der Waals surface area contributed by atoms with Crippen molar-refractivity contribution in [2.45, 2.75) is 58.5 Å². The van der Waals surface area contributed by atoms with E-state index in [1.807, 2.05) is 13.8 Å². The maximum absolute atomic E-state index is 12.4. The van der Waals surface area contributed by atoms with Gasteiger partial charge in [0.2, 0.25) is 0 Å². The number of phenolic OH excluding ortho intramolecular Hbond substituents is 1. The van der Waals surface area contributed by atoms with Crippen molar-refractivity contribution in [1.29, 1.82) is 0 Å². The molecule has 2 atom stereocenters. The van der Waals surface area contributed by atoms with Crippen molar-refractivity contribution >= 4 is 16.9 Å². The van der Waals surface area contributed by atoms with Crippen LogP contribution in [0.2, 0.25) is 0 Å². The molecule has 0 aliphatic heterocycles. The highest BCUT2D eigenvalue weighted by atomic mass is 16.4. The summed E-state index contributed by atoms with van der Waals surface area (Å²) >= 11 is 0.